The average Bonchev–Trinajstić information content (AvgIpc) is 3.21. The summed E-state index contributed by atoms with van der Waals surface area (Å²) in [6, 6.07) is 7.15. The highest BCUT2D eigenvalue weighted by atomic mass is 32.2. The van der Waals surface area contributed by atoms with Gasteiger partial charge in [0, 0.05) is 52.0 Å². The minimum atomic E-state index is -3.71. The van der Waals surface area contributed by atoms with Crippen LogP contribution in [0.1, 0.15) is 48.5 Å². The Kier molecular flexibility index (Phi) is 5.86. The van der Waals surface area contributed by atoms with Crippen LogP contribution < -0.4 is 0 Å². The number of hydrogen-bond acceptors (Lipinski definition) is 5. The average molecular weight is 474 g/mol. The molecule has 0 aliphatic carbocycles. The van der Waals surface area contributed by atoms with Gasteiger partial charge in [-0.05, 0) is 38.3 Å². The molecular formula is C23H31N5O4S. The lowest BCUT2D eigenvalue weighted by atomic mass is 9.67. The van der Waals surface area contributed by atoms with Gasteiger partial charge in [-0.1, -0.05) is 18.2 Å². The molecule has 1 aromatic heterocycles. The smallest absolute Gasteiger partial charge is 0.254 e. The van der Waals surface area contributed by atoms with Crippen LogP contribution in [0.15, 0.2) is 41.6 Å². The third-order valence-corrected chi connectivity index (χ3v) is 8.70. The van der Waals surface area contributed by atoms with E-state index in [1.54, 1.807) is 32.1 Å². The van der Waals surface area contributed by atoms with Crippen molar-refractivity contribution in [3.63, 3.8) is 0 Å². The SMILES string of the molecule is CC(C)N1C(=O)c2ccccc2C(C(=O)N(C)C)C12CCN(S(=O)(=O)c1cnn(C)c1)CC2. The summed E-state index contributed by atoms with van der Waals surface area (Å²) in [5, 5.41) is 3.99. The van der Waals surface area contributed by atoms with Crippen molar-refractivity contribution in [3.8, 4) is 0 Å². The molecule has 1 saturated heterocycles. The summed E-state index contributed by atoms with van der Waals surface area (Å²) < 4.78 is 29.3. The van der Waals surface area contributed by atoms with E-state index in [0.29, 0.717) is 18.4 Å². The monoisotopic (exact) mass is 473 g/mol. The minimum Gasteiger partial charge on any atom is -0.348 e. The lowest BCUT2D eigenvalue weighted by molar-refractivity contribution is -0.136. The summed E-state index contributed by atoms with van der Waals surface area (Å²) in [7, 11) is 1.40. The predicted octanol–water partition coefficient (Wildman–Crippen LogP) is 1.68. The highest BCUT2D eigenvalue weighted by Gasteiger charge is 2.57. The highest BCUT2D eigenvalue weighted by Crippen LogP contribution is 2.49. The maximum Gasteiger partial charge on any atom is 0.254 e. The van der Waals surface area contributed by atoms with E-state index in [0.717, 1.165) is 5.56 Å². The first-order valence-electron chi connectivity index (χ1n) is 11.1. The third kappa shape index (κ3) is 3.65. The van der Waals surface area contributed by atoms with Crippen molar-refractivity contribution in [1.29, 1.82) is 0 Å². The van der Waals surface area contributed by atoms with Crippen LogP contribution in [0.4, 0.5) is 0 Å². The number of piperidine rings is 1. The molecule has 4 rings (SSSR count). The zero-order valence-corrected chi connectivity index (χ0v) is 20.5. The van der Waals surface area contributed by atoms with Gasteiger partial charge in [-0.2, -0.15) is 9.40 Å². The molecule has 1 atom stereocenters. The molecule has 178 valence electrons. The van der Waals surface area contributed by atoms with E-state index in [4.69, 9.17) is 0 Å². The molecule has 2 amide bonds. The molecule has 1 fully saturated rings. The van der Waals surface area contributed by atoms with Gasteiger partial charge < -0.3 is 9.80 Å². The zero-order chi connectivity index (χ0) is 24.1. The lowest BCUT2D eigenvalue weighted by Crippen LogP contribution is -2.67. The van der Waals surface area contributed by atoms with Crippen LogP contribution in [0, 0.1) is 0 Å². The second-order valence-corrected chi connectivity index (χ2v) is 11.3. The molecule has 1 spiro atoms. The number of carbonyl (C=O) groups excluding carboxylic acids is 2. The van der Waals surface area contributed by atoms with Gasteiger partial charge in [-0.25, -0.2) is 8.42 Å². The van der Waals surface area contributed by atoms with Crippen molar-refractivity contribution in [1.82, 2.24) is 23.9 Å². The topological polar surface area (TPSA) is 95.8 Å². The van der Waals surface area contributed by atoms with Crippen LogP contribution >= 0.6 is 0 Å². The number of likely N-dealkylation sites (N-methyl/N-ethyl adjacent to an activating group) is 1. The van der Waals surface area contributed by atoms with Crippen molar-refractivity contribution in [2.45, 2.75) is 49.1 Å². The van der Waals surface area contributed by atoms with E-state index < -0.39 is 21.5 Å². The van der Waals surface area contributed by atoms with Gasteiger partial charge in [0.05, 0.1) is 17.7 Å². The number of amides is 2. The summed E-state index contributed by atoms with van der Waals surface area (Å²) in [4.78, 5) is 30.7. The number of sulfonamides is 1. The van der Waals surface area contributed by atoms with Crippen LogP contribution in [0.25, 0.3) is 0 Å². The Bertz CT molecular complexity index is 1180. The molecule has 0 bridgehead atoms. The molecule has 2 aliphatic rings. The molecule has 10 heteroatoms. The normalized spacial score (nSPS) is 20.8. The second-order valence-electron chi connectivity index (χ2n) is 9.38. The van der Waals surface area contributed by atoms with Gasteiger partial charge in [0.2, 0.25) is 15.9 Å². The van der Waals surface area contributed by atoms with E-state index in [1.807, 2.05) is 36.9 Å². The number of nitrogens with zero attached hydrogens (tertiary/aromatic N) is 5. The first-order valence-corrected chi connectivity index (χ1v) is 12.6. The number of hydrogen-bond donors (Lipinski definition) is 0. The van der Waals surface area contributed by atoms with Crippen LogP contribution in [-0.2, 0) is 21.9 Å². The Morgan fingerprint density at radius 3 is 2.36 bits per heavy atom. The molecule has 2 aliphatic heterocycles. The quantitative estimate of drug-likeness (QED) is 0.673. The van der Waals surface area contributed by atoms with E-state index in [-0.39, 0.29) is 35.8 Å². The van der Waals surface area contributed by atoms with Crippen LogP contribution in [0.3, 0.4) is 0 Å². The maximum absolute atomic E-state index is 13.6. The molecule has 2 aromatic rings. The van der Waals surface area contributed by atoms with Gasteiger partial charge in [0.1, 0.15) is 4.90 Å². The fraction of sp³-hybridized carbons (Fsp3) is 0.522. The first-order chi connectivity index (χ1) is 15.5. The molecule has 0 N–H and O–H groups in total. The number of benzene rings is 1. The Morgan fingerprint density at radius 2 is 1.82 bits per heavy atom. The van der Waals surface area contributed by atoms with Crippen molar-refractivity contribution < 1.29 is 18.0 Å². The number of aromatic nitrogens is 2. The summed E-state index contributed by atoms with van der Waals surface area (Å²) in [5.74, 6) is -0.747. The summed E-state index contributed by atoms with van der Waals surface area (Å²) >= 11 is 0. The standard InChI is InChI=1S/C23H31N5O4S/c1-16(2)28-21(29)19-9-7-6-8-18(19)20(22(30)25(3)4)23(28)10-12-27(13-11-23)33(31,32)17-14-24-26(5)15-17/h6-9,14-16,20H,10-13H2,1-5H3. The van der Waals surface area contributed by atoms with Crippen molar-refractivity contribution in [3.05, 3.63) is 47.8 Å². The molecule has 3 heterocycles. The largest absolute Gasteiger partial charge is 0.348 e. The number of aryl methyl sites for hydroxylation is 1. The van der Waals surface area contributed by atoms with Gasteiger partial charge in [-0.15, -0.1) is 0 Å². The second kappa shape index (κ2) is 8.25. The summed E-state index contributed by atoms with van der Waals surface area (Å²) in [5.41, 5.74) is 0.464. The predicted molar refractivity (Wildman–Crippen MR) is 123 cm³/mol. The molecule has 33 heavy (non-hydrogen) atoms. The fourth-order valence-corrected chi connectivity index (χ4v) is 6.83. The zero-order valence-electron chi connectivity index (χ0n) is 19.7. The molecular weight excluding hydrogens is 442 g/mol. The van der Waals surface area contributed by atoms with E-state index in [9.17, 15) is 18.0 Å². The molecule has 0 radical (unpaired) electrons. The number of fused-ring (bicyclic) bond motifs is 1. The third-order valence-electron chi connectivity index (χ3n) is 6.85. The molecule has 1 unspecified atom stereocenters. The summed E-state index contributed by atoms with van der Waals surface area (Å²) in [6.45, 7) is 4.33. The van der Waals surface area contributed by atoms with Crippen LogP contribution in [0.5, 0.6) is 0 Å². The van der Waals surface area contributed by atoms with Crippen molar-refractivity contribution in [2.75, 3.05) is 27.2 Å². The van der Waals surface area contributed by atoms with E-state index in [1.165, 1.54) is 21.4 Å². The van der Waals surface area contributed by atoms with Gasteiger partial charge in [0.25, 0.3) is 5.91 Å². The number of rotatable bonds is 4. The van der Waals surface area contributed by atoms with Gasteiger partial charge in [-0.3, -0.25) is 14.3 Å². The van der Waals surface area contributed by atoms with E-state index >= 15 is 0 Å². The molecule has 9 nitrogen and oxygen atoms in total. The highest BCUT2D eigenvalue weighted by molar-refractivity contribution is 7.89. The Labute approximate surface area is 195 Å². The lowest BCUT2D eigenvalue weighted by Gasteiger charge is -2.56. The number of carbonyl (C=O) groups is 2. The maximum atomic E-state index is 13.6. The summed E-state index contributed by atoms with van der Waals surface area (Å²) in [6.07, 6.45) is 3.57. The van der Waals surface area contributed by atoms with Gasteiger partial charge >= 0.3 is 0 Å². The Hall–Kier alpha value is -2.72. The Morgan fingerprint density at radius 1 is 1.18 bits per heavy atom. The van der Waals surface area contributed by atoms with Crippen molar-refractivity contribution in [2.24, 2.45) is 7.05 Å². The van der Waals surface area contributed by atoms with Crippen LogP contribution in [0.2, 0.25) is 0 Å². The first kappa shape index (κ1) is 23.4. The molecule has 1 aromatic carbocycles. The fourth-order valence-electron chi connectivity index (χ4n) is 5.40. The molecule has 0 saturated carbocycles. The Balaban J connectivity index is 1.78. The van der Waals surface area contributed by atoms with Crippen LogP contribution in [-0.4, -0.2) is 82.9 Å². The van der Waals surface area contributed by atoms with Gasteiger partial charge in [0.15, 0.2) is 0 Å². The minimum absolute atomic E-state index is 0.0795. The van der Waals surface area contributed by atoms with E-state index in [2.05, 4.69) is 5.10 Å². The van der Waals surface area contributed by atoms with Crippen molar-refractivity contribution >= 4 is 21.8 Å².